The van der Waals surface area contributed by atoms with Crippen LogP contribution in [0, 0.1) is 11.8 Å². The van der Waals surface area contributed by atoms with E-state index >= 15 is 0 Å². The quantitative estimate of drug-likeness (QED) is 0.529. The Labute approximate surface area is 152 Å². The van der Waals surface area contributed by atoms with Crippen LogP contribution in [-0.2, 0) is 22.4 Å². The van der Waals surface area contributed by atoms with Crippen molar-refractivity contribution in [2.24, 2.45) is 11.8 Å². The number of esters is 1. The highest BCUT2D eigenvalue weighted by Crippen LogP contribution is 2.34. The van der Waals surface area contributed by atoms with Gasteiger partial charge in [0.05, 0.1) is 5.92 Å². The smallest absolute Gasteiger partial charge is 0.425 e. The second-order valence-electron chi connectivity index (χ2n) is 7.21. The van der Waals surface area contributed by atoms with Crippen LogP contribution in [0.25, 0.3) is 0 Å². The van der Waals surface area contributed by atoms with E-state index in [0.29, 0.717) is 32.1 Å². The predicted molar refractivity (Wildman–Crippen MR) is 92.9 cm³/mol. The van der Waals surface area contributed by atoms with Crippen molar-refractivity contribution in [3.63, 3.8) is 0 Å². The average Bonchev–Trinajstić information content (AvgIpc) is 2.58. The first-order valence-corrected chi connectivity index (χ1v) is 9.30. The van der Waals surface area contributed by atoms with Crippen molar-refractivity contribution < 1.29 is 27.8 Å². The van der Waals surface area contributed by atoms with Gasteiger partial charge in [-0.05, 0) is 61.3 Å². The number of rotatable bonds is 7. The highest BCUT2D eigenvalue weighted by Gasteiger charge is 2.43. The van der Waals surface area contributed by atoms with Crippen LogP contribution in [0.15, 0.2) is 18.2 Å². The molecule has 0 aliphatic heterocycles. The number of halogens is 3. The first-order chi connectivity index (χ1) is 12.2. The van der Waals surface area contributed by atoms with Crippen molar-refractivity contribution in [1.82, 2.24) is 0 Å². The molecule has 0 radical (unpaired) electrons. The Morgan fingerprint density at radius 2 is 2.04 bits per heavy atom. The van der Waals surface area contributed by atoms with Gasteiger partial charge >= 0.3 is 12.1 Å². The number of fused-ring (bicyclic) bond motifs is 1. The van der Waals surface area contributed by atoms with E-state index in [1.165, 1.54) is 0 Å². The van der Waals surface area contributed by atoms with E-state index in [1.54, 1.807) is 19.1 Å². The van der Waals surface area contributed by atoms with Gasteiger partial charge in [0.15, 0.2) is 6.10 Å². The summed E-state index contributed by atoms with van der Waals surface area (Å²) in [4.78, 5) is 12.3. The molecule has 1 unspecified atom stereocenters. The van der Waals surface area contributed by atoms with Crippen molar-refractivity contribution in [2.75, 3.05) is 0 Å². The van der Waals surface area contributed by atoms with E-state index in [-0.39, 0.29) is 18.1 Å². The van der Waals surface area contributed by atoms with Crippen molar-refractivity contribution in [1.29, 1.82) is 0 Å². The Balaban J connectivity index is 1.98. The number of carbonyl (C=O) groups is 1. The number of phenols is 1. The molecule has 0 saturated carbocycles. The maximum atomic E-state index is 13.1. The summed E-state index contributed by atoms with van der Waals surface area (Å²) < 4.78 is 44.3. The number of hydrogen-bond donors (Lipinski definition) is 1. The van der Waals surface area contributed by atoms with Crippen LogP contribution >= 0.6 is 0 Å². The number of carbonyl (C=O) groups excluding carboxylic acids is 1. The summed E-state index contributed by atoms with van der Waals surface area (Å²) in [5.74, 6) is -1.21. The molecular weight excluding hydrogens is 345 g/mol. The number of phenolic OH excluding ortho intramolecular Hbond substituents is 1. The maximum absolute atomic E-state index is 13.1. The van der Waals surface area contributed by atoms with Gasteiger partial charge in [-0.25, -0.2) is 0 Å². The van der Waals surface area contributed by atoms with Crippen molar-refractivity contribution >= 4 is 5.97 Å². The Hall–Kier alpha value is -1.72. The van der Waals surface area contributed by atoms with Gasteiger partial charge in [0.25, 0.3) is 0 Å². The lowest BCUT2D eigenvalue weighted by Gasteiger charge is -2.30. The molecule has 6 heteroatoms. The van der Waals surface area contributed by atoms with E-state index < -0.39 is 24.2 Å². The molecule has 2 rings (SSSR count). The van der Waals surface area contributed by atoms with Gasteiger partial charge in [-0.3, -0.25) is 4.79 Å². The minimum absolute atomic E-state index is 0.0518. The number of benzene rings is 1. The minimum atomic E-state index is -4.53. The zero-order valence-corrected chi connectivity index (χ0v) is 15.3. The van der Waals surface area contributed by atoms with E-state index in [9.17, 15) is 23.1 Å². The topological polar surface area (TPSA) is 46.5 Å². The van der Waals surface area contributed by atoms with E-state index in [0.717, 1.165) is 17.5 Å². The Bertz CT molecular complexity index is 613. The lowest BCUT2D eigenvalue weighted by Crippen LogP contribution is -2.37. The van der Waals surface area contributed by atoms with Crippen molar-refractivity contribution in [3.05, 3.63) is 29.3 Å². The summed E-state index contributed by atoms with van der Waals surface area (Å²) in [5, 5.41) is 9.53. The van der Waals surface area contributed by atoms with Crippen LogP contribution in [0.1, 0.15) is 57.1 Å². The van der Waals surface area contributed by atoms with Crippen LogP contribution in [0.3, 0.4) is 0 Å². The number of hydrogen-bond acceptors (Lipinski definition) is 3. The molecule has 0 aromatic heterocycles. The summed E-state index contributed by atoms with van der Waals surface area (Å²) in [6.07, 6.45) is -2.83. The molecule has 146 valence electrons. The second-order valence-corrected chi connectivity index (χ2v) is 7.21. The Morgan fingerprint density at radius 1 is 1.31 bits per heavy atom. The first kappa shape index (κ1) is 20.6. The molecule has 1 aliphatic rings. The SMILES string of the molecule is CCCCC[C@@H](OC(=O)[C@@H](C)C1CCc2cc(O)ccc2C1)C(F)(F)F. The zero-order chi connectivity index (χ0) is 19.3. The maximum Gasteiger partial charge on any atom is 0.425 e. The van der Waals surface area contributed by atoms with Crippen LogP contribution in [0.5, 0.6) is 5.75 Å². The van der Waals surface area contributed by atoms with Crippen LogP contribution in [0.4, 0.5) is 13.2 Å². The molecule has 0 spiro atoms. The summed E-state index contributed by atoms with van der Waals surface area (Å²) in [7, 11) is 0. The molecular formula is C20H27F3O3. The highest BCUT2D eigenvalue weighted by molar-refractivity contribution is 5.72. The second kappa shape index (κ2) is 8.78. The molecule has 0 bridgehead atoms. The van der Waals surface area contributed by atoms with Gasteiger partial charge < -0.3 is 9.84 Å². The standard InChI is InChI=1S/C20H27F3O3/c1-3-4-5-6-18(20(21,22)23)26-19(25)13(2)14-7-8-16-12-17(24)10-9-15(16)11-14/h9-10,12-14,18,24H,3-8,11H2,1-2H3/t13-,14?,18+/m0/s1. The summed E-state index contributed by atoms with van der Waals surface area (Å²) in [5.41, 5.74) is 2.07. The van der Waals surface area contributed by atoms with Crippen LogP contribution < -0.4 is 0 Å². The van der Waals surface area contributed by atoms with Crippen LogP contribution in [-0.4, -0.2) is 23.4 Å². The monoisotopic (exact) mass is 372 g/mol. The van der Waals surface area contributed by atoms with Crippen LogP contribution in [0.2, 0.25) is 0 Å². The van der Waals surface area contributed by atoms with Gasteiger partial charge in [0.1, 0.15) is 5.75 Å². The van der Waals surface area contributed by atoms with Gasteiger partial charge in [-0.1, -0.05) is 32.8 Å². The zero-order valence-electron chi connectivity index (χ0n) is 15.3. The lowest BCUT2D eigenvalue weighted by molar-refractivity contribution is -0.225. The Kier molecular flexibility index (Phi) is 6.95. The average molecular weight is 372 g/mol. The summed E-state index contributed by atoms with van der Waals surface area (Å²) in [6, 6.07) is 5.12. The minimum Gasteiger partial charge on any atom is -0.508 e. The molecule has 1 aromatic rings. The molecule has 3 nitrogen and oxygen atoms in total. The fraction of sp³-hybridized carbons (Fsp3) is 0.650. The normalized spacial score (nSPS) is 19.5. The molecule has 0 fully saturated rings. The third kappa shape index (κ3) is 5.39. The molecule has 0 amide bonds. The first-order valence-electron chi connectivity index (χ1n) is 9.30. The Morgan fingerprint density at radius 3 is 2.69 bits per heavy atom. The molecule has 26 heavy (non-hydrogen) atoms. The largest absolute Gasteiger partial charge is 0.508 e. The lowest BCUT2D eigenvalue weighted by atomic mass is 9.77. The van der Waals surface area contributed by atoms with Gasteiger partial charge in [-0.2, -0.15) is 13.2 Å². The number of ether oxygens (including phenoxy) is 1. The van der Waals surface area contributed by atoms with Gasteiger partial charge in [-0.15, -0.1) is 0 Å². The number of aryl methyl sites for hydroxylation is 1. The fourth-order valence-corrected chi connectivity index (χ4v) is 3.51. The molecule has 1 aromatic carbocycles. The molecule has 1 N–H and O–H groups in total. The van der Waals surface area contributed by atoms with Crippen molar-refractivity contribution in [2.45, 2.75) is 71.1 Å². The number of aromatic hydroxyl groups is 1. The third-order valence-electron chi connectivity index (χ3n) is 5.23. The molecule has 1 aliphatic carbocycles. The third-order valence-corrected chi connectivity index (χ3v) is 5.23. The van der Waals surface area contributed by atoms with Gasteiger partial charge in [0, 0.05) is 0 Å². The number of unbranched alkanes of at least 4 members (excludes halogenated alkanes) is 2. The molecule has 3 atom stereocenters. The predicted octanol–water partition coefficient (Wildman–Crippen LogP) is 5.19. The van der Waals surface area contributed by atoms with Gasteiger partial charge in [0.2, 0.25) is 0 Å². The van der Waals surface area contributed by atoms with E-state index in [1.807, 2.05) is 13.0 Å². The van der Waals surface area contributed by atoms with Crippen molar-refractivity contribution in [3.8, 4) is 5.75 Å². The highest BCUT2D eigenvalue weighted by atomic mass is 19.4. The molecule has 0 heterocycles. The number of alkyl halides is 3. The summed E-state index contributed by atoms with van der Waals surface area (Å²) >= 11 is 0. The van der Waals surface area contributed by atoms with E-state index in [4.69, 9.17) is 4.74 Å². The molecule has 0 saturated heterocycles. The van der Waals surface area contributed by atoms with E-state index in [2.05, 4.69) is 0 Å². The fourth-order valence-electron chi connectivity index (χ4n) is 3.51. The summed E-state index contributed by atoms with van der Waals surface area (Å²) in [6.45, 7) is 3.56.